The number of fused-ring (bicyclic) bond motifs is 11. The van der Waals surface area contributed by atoms with Crippen molar-refractivity contribution in [2.24, 2.45) is 0 Å². The molecule has 176 valence electrons. The van der Waals surface area contributed by atoms with E-state index in [0.717, 1.165) is 0 Å². The lowest BCUT2D eigenvalue weighted by Crippen LogP contribution is -1.89. The maximum atomic E-state index is 2.38. The molecule has 0 aliphatic rings. The van der Waals surface area contributed by atoms with E-state index in [0.29, 0.717) is 0 Å². The van der Waals surface area contributed by atoms with Gasteiger partial charge in [-0.1, -0.05) is 133 Å². The van der Waals surface area contributed by atoms with Crippen LogP contribution in [0.25, 0.3) is 76.1 Å². The highest BCUT2D eigenvalue weighted by molar-refractivity contribution is 6.39. The molecule has 0 aliphatic carbocycles. The molecule has 0 atom stereocenters. The largest absolute Gasteiger partial charge is 0.0622 e. The number of rotatable bonds is 2. The van der Waals surface area contributed by atoms with E-state index in [4.69, 9.17) is 0 Å². The Balaban J connectivity index is 1.57. The first-order chi connectivity index (χ1) is 18.9. The average Bonchev–Trinajstić information content (AvgIpc) is 3.01. The Bertz CT molecular complexity index is 2000. The number of hydrogen-bond donors (Lipinski definition) is 0. The SMILES string of the molecule is c1ccc(-c2ccc3c(c2)c2ccccc2c2c4ccc(-c5ccccc5)cc4c4ccccc4c32)cc1. The Labute approximate surface area is 221 Å². The van der Waals surface area contributed by atoms with Crippen LogP contribution in [0.5, 0.6) is 0 Å². The van der Waals surface area contributed by atoms with Crippen LogP contribution in [0, 0.1) is 0 Å². The molecule has 0 amide bonds. The molecule has 0 aromatic heterocycles. The van der Waals surface area contributed by atoms with Gasteiger partial charge in [0.2, 0.25) is 0 Å². The highest BCUT2D eigenvalue weighted by Crippen LogP contribution is 2.45. The fraction of sp³-hybridized carbons (Fsp3) is 0. The first-order valence-electron chi connectivity index (χ1n) is 13.2. The third kappa shape index (κ3) is 3.11. The van der Waals surface area contributed by atoms with E-state index in [2.05, 4.69) is 146 Å². The summed E-state index contributed by atoms with van der Waals surface area (Å²) >= 11 is 0. The molecule has 0 radical (unpaired) electrons. The second-order valence-electron chi connectivity index (χ2n) is 10.1. The van der Waals surface area contributed by atoms with Crippen LogP contribution in [0.4, 0.5) is 0 Å². The predicted molar refractivity (Wildman–Crippen MR) is 165 cm³/mol. The summed E-state index contributed by atoms with van der Waals surface area (Å²) < 4.78 is 0. The smallest absolute Gasteiger partial charge is 0.00139 e. The first-order valence-corrected chi connectivity index (χ1v) is 13.2. The highest BCUT2D eigenvalue weighted by atomic mass is 14.2. The average molecular weight is 481 g/mol. The standard InChI is InChI=1S/C38H24/c1-3-11-25(12-4-1)27-19-21-33-35(23-27)29-15-7-9-17-31(29)38-34-22-20-28(26-13-5-2-6-14-26)24-36(34)30-16-8-10-18-32(30)37(33)38/h1-24H. The number of benzene rings is 8. The molecule has 0 nitrogen and oxygen atoms in total. The van der Waals surface area contributed by atoms with Gasteiger partial charge in [0.05, 0.1) is 0 Å². The zero-order valence-corrected chi connectivity index (χ0v) is 20.9. The maximum absolute atomic E-state index is 2.38. The second-order valence-corrected chi connectivity index (χ2v) is 10.1. The molecule has 8 aromatic rings. The molecular formula is C38H24. The van der Waals surface area contributed by atoms with E-state index >= 15 is 0 Å². The van der Waals surface area contributed by atoms with E-state index in [9.17, 15) is 0 Å². The molecule has 38 heavy (non-hydrogen) atoms. The van der Waals surface area contributed by atoms with Gasteiger partial charge in [-0.3, -0.25) is 0 Å². The van der Waals surface area contributed by atoms with Gasteiger partial charge in [-0.15, -0.1) is 0 Å². The van der Waals surface area contributed by atoms with Gasteiger partial charge < -0.3 is 0 Å². The van der Waals surface area contributed by atoms with Gasteiger partial charge in [0.25, 0.3) is 0 Å². The molecule has 0 heterocycles. The van der Waals surface area contributed by atoms with Crippen LogP contribution in [0.2, 0.25) is 0 Å². The molecule has 0 saturated heterocycles. The van der Waals surface area contributed by atoms with Crippen LogP contribution in [0.15, 0.2) is 146 Å². The molecular weight excluding hydrogens is 456 g/mol. The summed E-state index contributed by atoms with van der Waals surface area (Å²) in [5.74, 6) is 0. The van der Waals surface area contributed by atoms with Gasteiger partial charge in [-0.25, -0.2) is 0 Å². The molecule has 0 aliphatic heterocycles. The van der Waals surface area contributed by atoms with Crippen LogP contribution in [-0.4, -0.2) is 0 Å². The molecule has 8 aromatic carbocycles. The Morgan fingerprint density at radius 2 is 0.553 bits per heavy atom. The van der Waals surface area contributed by atoms with Crippen molar-refractivity contribution in [3.63, 3.8) is 0 Å². The van der Waals surface area contributed by atoms with Crippen molar-refractivity contribution in [3.8, 4) is 22.3 Å². The van der Waals surface area contributed by atoms with Crippen LogP contribution in [-0.2, 0) is 0 Å². The Kier molecular flexibility index (Phi) is 4.62. The monoisotopic (exact) mass is 480 g/mol. The zero-order valence-electron chi connectivity index (χ0n) is 20.9. The number of hydrogen-bond acceptors (Lipinski definition) is 0. The fourth-order valence-corrected chi connectivity index (χ4v) is 6.29. The molecule has 0 saturated carbocycles. The molecule has 0 bridgehead atoms. The van der Waals surface area contributed by atoms with E-state index in [1.165, 1.54) is 76.1 Å². The van der Waals surface area contributed by atoms with Gasteiger partial charge in [-0.2, -0.15) is 0 Å². The van der Waals surface area contributed by atoms with Crippen LogP contribution in [0.3, 0.4) is 0 Å². The van der Waals surface area contributed by atoms with Gasteiger partial charge in [0.1, 0.15) is 0 Å². The minimum absolute atomic E-state index is 1.25. The highest BCUT2D eigenvalue weighted by Gasteiger charge is 2.16. The minimum atomic E-state index is 1.25. The normalized spacial score (nSPS) is 11.7. The van der Waals surface area contributed by atoms with E-state index in [-0.39, 0.29) is 0 Å². The van der Waals surface area contributed by atoms with E-state index < -0.39 is 0 Å². The fourth-order valence-electron chi connectivity index (χ4n) is 6.29. The summed E-state index contributed by atoms with van der Waals surface area (Å²) in [6, 6.07) is 53.2. The molecule has 8 rings (SSSR count). The lowest BCUT2D eigenvalue weighted by atomic mass is 9.85. The lowest BCUT2D eigenvalue weighted by molar-refractivity contribution is 1.65. The summed E-state index contributed by atoms with van der Waals surface area (Å²) in [6.07, 6.45) is 0. The third-order valence-corrected chi connectivity index (χ3v) is 8.02. The van der Waals surface area contributed by atoms with Gasteiger partial charge in [0, 0.05) is 0 Å². The topological polar surface area (TPSA) is 0 Å². The minimum Gasteiger partial charge on any atom is -0.0622 e. The van der Waals surface area contributed by atoms with Crippen LogP contribution < -0.4 is 0 Å². The van der Waals surface area contributed by atoms with Gasteiger partial charge in [0.15, 0.2) is 0 Å². The van der Waals surface area contributed by atoms with Crippen molar-refractivity contribution in [1.82, 2.24) is 0 Å². The van der Waals surface area contributed by atoms with Crippen molar-refractivity contribution in [2.75, 3.05) is 0 Å². The third-order valence-electron chi connectivity index (χ3n) is 8.02. The van der Waals surface area contributed by atoms with E-state index in [1.54, 1.807) is 0 Å². The molecule has 0 heteroatoms. The van der Waals surface area contributed by atoms with Crippen molar-refractivity contribution in [1.29, 1.82) is 0 Å². The molecule has 0 N–H and O–H groups in total. The Hall–Kier alpha value is -4.94. The maximum Gasteiger partial charge on any atom is -0.00139 e. The van der Waals surface area contributed by atoms with Crippen molar-refractivity contribution < 1.29 is 0 Å². The zero-order chi connectivity index (χ0) is 25.1. The molecule has 0 fully saturated rings. The summed E-state index contributed by atoms with van der Waals surface area (Å²) in [5.41, 5.74) is 4.99. The summed E-state index contributed by atoms with van der Waals surface area (Å²) in [5, 5.41) is 13.1. The quantitative estimate of drug-likeness (QED) is 0.216. The van der Waals surface area contributed by atoms with Crippen molar-refractivity contribution >= 4 is 53.9 Å². The van der Waals surface area contributed by atoms with Crippen molar-refractivity contribution in [2.45, 2.75) is 0 Å². The Morgan fingerprint density at radius 3 is 0.974 bits per heavy atom. The van der Waals surface area contributed by atoms with Gasteiger partial charge >= 0.3 is 0 Å². The van der Waals surface area contributed by atoms with Crippen LogP contribution >= 0.6 is 0 Å². The van der Waals surface area contributed by atoms with E-state index in [1.807, 2.05) is 0 Å². The first kappa shape index (κ1) is 21.2. The lowest BCUT2D eigenvalue weighted by Gasteiger charge is -2.17. The molecule has 0 spiro atoms. The van der Waals surface area contributed by atoms with Crippen molar-refractivity contribution in [3.05, 3.63) is 146 Å². The second kappa shape index (κ2) is 8.30. The predicted octanol–water partition coefficient (Wildman–Crippen LogP) is 10.8. The Morgan fingerprint density at radius 1 is 0.211 bits per heavy atom. The molecule has 0 unspecified atom stereocenters. The summed E-state index contributed by atoms with van der Waals surface area (Å²) in [6.45, 7) is 0. The summed E-state index contributed by atoms with van der Waals surface area (Å²) in [7, 11) is 0. The van der Waals surface area contributed by atoms with Crippen LogP contribution in [0.1, 0.15) is 0 Å². The van der Waals surface area contributed by atoms with Gasteiger partial charge in [-0.05, 0) is 88.2 Å². The summed E-state index contributed by atoms with van der Waals surface area (Å²) in [4.78, 5) is 0.